The predicted molar refractivity (Wildman–Crippen MR) is 40.8 cm³/mol. The van der Waals surface area contributed by atoms with E-state index < -0.39 is 4.92 Å². The number of nitro benzene ring substituents is 1. The minimum absolute atomic E-state index is 0.0147. The van der Waals surface area contributed by atoms with Crippen molar-refractivity contribution in [2.24, 2.45) is 0 Å². The van der Waals surface area contributed by atoms with E-state index in [2.05, 4.69) is 12.1 Å². The summed E-state index contributed by atoms with van der Waals surface area (Å²) in [5.74, 6) is 0. The Bertz CT molecular complexity index is 301. The molecule has 0 aliphatic heterocycles. The molecule has 0 unspecified atom stereocenters. The number of rotatable bonds is 1. The molecule has 1 aromatic rings. The highest BCUT2D eigenvalue weighted by atomic mass is 35.5. The molecule has 0 saturated heterocycles. The minimum Gasteiger partial charge on any atom is -0.258 e. The molecule has 0 aliphatic rings. The zero-order chi connectivity index (χ0) is 8.43. The van der Waals surface area contributed by atoms with Crippen LogP contribution in [0.5, 0.6) is 0 Å². The Kier molecular flexibility index (Phi) is 2.31. The number of hydrogen-bond donors (Lipinski definition) is 0. The lowest BCUT2D eigenvalue weighted by Gasteiger charge is -1.92. The minimum atomic E-state index is -0.612. The summed E-state index contributed by atoms with van der Waals surface area (Å²) in [6.07, 6.45) is 0. The fourth-order valence-corrected chi connectivity index (χ4v) is 0.750. The van der Waals surface area contributed by atoms with Crippen LogP contribution in [0.3, 0.4) is 0 Å². The standard InChI is InChI=1S/C6HCl2NO2/c7-5-2-1-4(9(10)11)3-6(5)8/h1H. The predicted octanol–water partition coefficient (Wildman–Crippen LogP) is 2.50. The quantitative estimate of drug-likeness (QED) is 0.504. The van der Waals surface area contributed by atoms with Crippen molar-refractivity contribution < 1.29 is 4.92 Å². The molecule has 0 spiro atoms. The van der Waals surface area contributed by atoms with Gasteiger partial charge in [0.1, 0.15) is 0 Å². The normalized spacial score (nSPS) is 9.64. The topological polar surface area (TPSA) is 43.1 Å². The molecule has 5 heteroatoms. The van der Waals surface area contributed by atoms with E-state index in [0.717, 1.165) is 6.07 Å². The molecule has 0 saturated carbocycles. The van der Waals surface area contributed by atoms with Gasteiger partial charge in [0.05, 0.1) is 21.0 Å². The molecule has 0 bridgehead atoms. The second kappa shape index (κ2) is 3.07. The molecule has 0 fully saturated rings. The van der Waals surface area contributed by atoms with Crippen molar-refractivity contribution in [3.8, 4) is 0 Å². The Labute approximate surface area is 72.7 Å². The molecular weight excluding hydrogens is 189 g/mol. The SMILES string of the molecule is O=[N+]([O-])c1[c]c(Cl)c(Cl)[c]c1. The van der Waals surface area contributed by atoms with Crippen LogP contribution in [0, 0.1) is 22.2 Å². The van der Waals surface area contributed by atoms with Gasteiger partial charge in [-0.2, -0.15) is 0 Å². The van der Waals surface area contributed by atoms with E-state index in [1.165, 1.54) is 0 Å². The second-order valence-corrected chi connectivity index (χ2v) is 2.44. The van der Waals surface area contributed by atoms with Crippen LogP contribution in [0.15, 0.2) is 6.07 Å². The summed E-state index contributed by atoms with van der Waals surface area (Å²) in [6.45, 7) is 0. The molecular formula is C6HCl2NO2. The number of benzene rings is 1. The van der Waals surface area contributed by atoms with Crippen molar-refractivity contribution in [3.05, 3.63) is 38.4 Å². The first-order chi connectivity index (χ1) is 5.11. The lowest BCUT2D eigenvalue weighted by atomic mass is 10.3. The van der Waals surface area contributed by atoms with Crippen molar-refractivity contribution in [1.29, 1.82) is 0 Å². The molecule has 56 valence electrons. The third kappa shape index (κ3) is 1.82. The van der Waals surface area contributed by atoms with Crippen LogP contribution >= 0.6 is 23.2 Å². The molecule has 1 aromatic carbocycles. The third-order valence-electron chi connectivity index (χ3n) is 0.963. The molecule has 0 amide bonds. The van der Waals surface area contributed by atoms with E-state index in [-0.39, 0.29) is 15.7 Å². The van der Waals surface area contributed by atoms with Crippen LogP contribution in [0.2, 0.25) is 10.0 Å². The van der Waals surface area contributed by atoms with E-state index in [0.29, 0.717) is 0 Å². The number of non-ortho nitro benzene ring substituents is 1. The number of hydrogen-bond acceptors (Lipinski definition) is 2. The highest BCUT2D eigenvalue weighted by molar-refractivity contribution is 6.41. The first kappa shape index (κ1) is 8.30. The van der Waals surface area contributed by atoms with Gasteiger partial charge in [-0.05, 0) is 0 Å². The largest absolute Gasteiger partial charge is 0.279 e. The van der Waals surface area contributed by atoms with E-state index >= 15 is 0 Å². The van der Waals surface area contributed by atoms with Gasteiger partial charge in [0.2, 0.25) is 0 Å². The van der Waals surface area contributed by atoms with Crippen LogP contribution in [0.25, 0.3) is 0 Å². The molecule has 0 aromatic heterocycles. The van der Waals surface area contributed by atoms with Crippen molar-refractivity contribution in [2.45, 2.75) is 0 Å². The summed E-state index contributed by atoms with van der Waals surface area (Å²) < 4.78 is 0. The Morgan fingerprint density at radius 3 is 2.55 bits per heavy atom. The van der Waals surface area contributed by atoms with Gasteiger partial charge in [-0.3, -0.25) is 10.1 Å². The lowest BCUT2D eigenvalue weighted by molar-refractivity contribution is -0.385. The van der Waals surface area contributed by atoms with Crippen molar-refractivity contribution >= 4 is 28.9 Å². The average molecular weight is 190 g/mol. The van der Waals surface area contributed by atoms with E-state index in [9.17, 15) is 10.1 Å². The van der Waals surface area contributed by atoms with Gasteiger partial charge in [0.15, 0.2) is 0 Å². The summed E-state index contributed by atoms with van der Waals surface area (Å²) in [5, 5.41) is 10.3. The average Bonchev–Trinajstić information content (AvgIpc) is 1.94. The van der Waals surface area contributed by atoms with E-state index in [1.54, 1.807) is 0 Å². The highest BCUT2D eigenvalue weighted by Gasteiger charge is 2.08. The third-order valence-corrected chi connectivity index (χ3v) is 1.64. The van der Waals surface area contributed by atoms with Crippen LogP contribution in [0.4, 0.5) is 5.69 Å². The summed E-state index contributed by atoms with van der Waals surface area (Å²) in [5.41, 5.74) is -0.237. The number of nitrogens with zero attached hydrogens (tertiary/aromatic N) is 1. The molecule has 3 nitrogen and oxygen atoms in total. The van der Waals surface area contributed by atoms with Crippen LogP contribution in [-0.2, 0) is 0 Å². The maximum atomic E-state index is 10.1. The zero-order valence-electron chi connectivity index (χ0n) is 5.10. The maximum absolute atomic E-state index is 10.1. The lowest BCUT2D eigenvalue weighted by Crippen LogP contribution is -1.87. The monoisotopic (exact) mass is 189 g/mol. The number of nitro groups is 1. The smallest absolute Gasteiger partial charge is 0.258 e. The Hall–Kier alpha value is -0.800. The molecule has 0 atom stereocenters. The van der Waals surface area contributed by atoms with Gasteiger partial charge in [-0.15, -0.1) is 0 Å². The van der Waals surface area contributed by atoms with E-state index in [1.807, 2.05) is 0 Å². The molecule has 1 rings (SSSR count). The van der Waals surface area contributed by atoms with Gasteiger partial charge in [-0.25, -0.2) is 0 Å². The van der Waals surface area contributed by atoms with Crippen LogP contribution < -0.4 is 0 Å². The first-order valence-corrected chi connectivity index (χ1v) is 3.30. The van der Waals surface area contributed by atoms with E-state index in [4.69, 9.17) is 23.2 Å². The van der Waals surface area contributed by atoms with Crippen LogP contribution in [0.1, 0.15) is 0 Å². The summed E-state index contributed by atoms with van der Waals surface area (Å²) in [7, 11) is 0. The fourth-order valence-electron chi connectivity index (χ4n) is 0.497. The molecule has 0 aliphatic carbocycles. The summed E-state index contributed by atoms with van der Waals surface area (Å²) >= 11 is 10.9. The molecule has 11 heavy (non-hydrogen) atoms. The zero-order valence-corrected chi connectivity index (χ0v) is 6.61. The van der Waals surface area contributed by atoms with Gasteiger partial charge in [0.25, 0.3) is 5.69 Å². The van der Waals surface area contributed by atoms with Gasteiger partial charge in [0, 0.05) is 12.1 Å². The van der Waals surface area contributed by atoms with Crippen LogP contribution in [-0.4, -0.2) is 4.92 Å². The van der Waals surface area contributed by atoms with Crippen molar-refractivity contribution in [1.82, 2.24) is 0 Å². The summed E-state index contributed by atoms with van der Waals surface area (Å²) in [6, 6.07) is 5.81. The Morgan fingerprint density at radius 1 is 1.45 bits per heavy atom. The fraction of sp³-hybridized carbons (Fsp3) is 0. The molecule has 0 heterocycles. The second-order valence-electron chi connectivity index (χ2n) is 1.68. The van der Waals surface area contributed by atoms with Gasteiger partial charge in [-0.1, -0.05) is 23.2 Å². The van der Waals surface area contributed by atoms with Gasteiger partial charge >= 0.3 is 0 Å². The summed E-state index contributed by atoms with van der Waals surface area (Å²) in [4.78, 5) is 9.50. The Morgan fingerprint density at radius 2 is 2.09 bits per heavy atom. The molecule has 2 radical (unpaired) electrons. The van der Waals surface area contributed by atoms with Crippen molar-refractivity contribution in [2.75, 3.05) is 0 Å². The highest BCUT2D eigenvalue weighted by Crippen LogP contribution is 2.24. The molecule has 0 N–H and O–H groups in total. The Balaban J connectivity index is 3.15. The number of halogens is 2. The van der Waals surface area contributed by atoms with Crippen molar-refractivity contribution in [3.63, 3.8) is 0 Å². The van der Waals surface area contributed by atoms with Gasteiger partial charge < -0.3 is 0 Å². The first-order valence-electron chi connectivity index (χ1n) is 2.54. The maximum Gasteiger partial charge on any atom is 0.279 e.